The number of hydrogen-bond donors (Lipinski definition) is 2. The molecule has 0 radical (unpaired) electrons. The van der Waals surface area contributed by atoms with Crippen molar-refractivity contribution in [3.8, 4) is 5.75 Å². The second kappa shape index (κ2) is 10.3. The van der Waals surface area contributed by atoms with E-state index in [0.717, 1.165) is 25.7 Å². The van der Waals surface area contributed by atoms with Gasteiger partial charge in [-0.2, -0.15) is 0 Å². The number of phenols is 1. The zero-order valence-electron chi connectivity index (χ0n) is 11.9. The topological polar surface area (TPSA) is 89.5 Å². The summed E-state index contributed by atoms with van der Waals surface area (Å²) in [7, 11) is 0. The minimum Gasteiger partial charge on any atom is -0.545 e. The van der Waals surface area contributed by atoms with Crippen molar-refractivity contribution >= 4 is 17.6 Å². The average Bonchev–Trinajstić information content (AvgIpc) is 2.34. The second-order valence-electron chi connectivity index (χ2n) is 4.38. The molecule has 2 N–H and O–H groups in total. The maximum absolute atomic E-state index is 11.6. The van der Waals surface area contributed by atoms with Gasteiger partial charge in [0.2, 0.25) is 5.91 Å². The molecule has 1 rings (SSSR count). The van der Waals surface area contributed by atoms with E-state index < -0.39 is 11.7 Å². The quantitative estimate of drug-likeness (QED) is 0.482. The van der Waals surface area contributed by atoms with E-state index in [-0.39, 0.29) is 62.9 Å². The van der Waals surface area contributed by atoms with Gasteiger partial charge < -0.3 is 20.3 Å². The molecule has 1 amide bonds. The summed E-state index contributed by atoms with van der Waals surface area (Å²) in [5, 5.41) is 22.7. The van der Waals surface area contributed by atoms with Crippen molar-refractivity contribution in [1.82, 2.24) is 0 Å². The Kier molecular flexibility index (Phi) is 10.1. The molecule has 0 saturated heterocycles. The molecular formula is C14H18KNO4. The van der Waals surface area contributed by atoms with Crippen LogP contribution in [0.3, 0.4) is 0 Å². The van der Waals surface area contributed by atoms with E-state index in [4.69, 9.17) is 0 Å². The minimum absolute atomic E-state index is 0. The van der Waals surface area contributed by atoms with Gasteiger partial charge in [-0.15, -0.1) is 0 Å². The largest absolute Gasteiger partial charge is 1.00 e. The summed E-state index contributed by atoms with van der Waals surface area (Å²) in [6.45, 7) is 2.10. The van der Waals surface area contributed by atoms with Gasteiger partial charge in [0.25, 0.3) is 0 Å². The fraction of sp³-hybridized carbons (Fsp3) is 0.429. The van der Waals surface area contributed by atoms with E-state index >= 15 is 0 Å². The molecule has 1 aromatic rings. The number of aromatic carboxylic acids is 1. The van der Waals surface area contributed by atoms with Gasteiger partial charge >= 0.3 is 51.4 Å². The van der Waals surface area contributed by atoms with Crippen molar-refractivity contribution in [3.63, 3.8) is 0 Å². The third-order valence-electron chi connectivity index (χ3n) is 2.76. The zero-order chi connectivity index (χ0) is 14.3. The molecule has 0 saturated carbocycles. The Morgan fingerprint density at radius 3 is 2.50 bits per heavy atom. The fourth-order valence-electron chi connectivity index (χ4n) is 1.72. The average molecular weight is 303 g/mol. The van der Waals surface area contributed by atoms with Crippen molar-refractivity contribution < 1.29 is 71.2 Å². The van der Waals surface area contributed by atoms with Crippen LogP contribution in [0.25, 0.3) is 0 Å². The third-order valence-corrected chi connectivity index (χ3v) is 2.76. The molecule has 0 spiro atoms. The molecule has 5 nitrogen and oxygen atoms in total. The van der Waals surface area contributed by atoms with Gasteiger partial charge in [0, 0.05) is 23.7 Å². The summed E-state index contributed by atoms with van der Waals surface area (Å²) in [5.74, 6) is -2.00. The van der Waals surface area contributed by atoms with E-state index in [1.807, 2.05) is 0 Å². The van der Waals surface area contributed by atoms with Crippen molar-refractivity contribution in [1.29, 1.82) is 0 Å². The first kappa shape index (κ1) is 19.6. The molecule has 0 bridgehead atoms. The third kappa shape index (κ3) is 6.85. The number of benzene rings is 1. The number of aromatic hydroxyl groups is 1. The molecule has 0 atom stereocenters. The standard InChI is InChI=1S/C14H19NO4.K/c1-2-3-4-5-6-13(17)15-10-7-8-11(14(18)19)12(16)9-10;/h7-9,16H,2-6H2,1H3,(H,15,17)(H,18,19);/q;+1/p-1. The van der Waals surface area contributed by atoms with E-state index in [1.54, 1.807) is 0 Å². The number of hydrogen-bond acceptors (Lipinski definition) is 4. The number of unbranched alkanes of at least 4 members (excludes halogenated alkanes) is 3. The number of amides is 1. The maximum atomic E-state index is 11.6. The molecule has 20 heavy (non-hydrogen) atoms. The molecule has 0 unspecified atom stereocenters. The molecule has 0 fully saturated rings. The van der Waals surface area contributed by atoms with Crippen LogP contribution in [-0.4, -0.2) is 17.0 Å². The number of rotatable bonds is 7. The smallest absolute Gasteiger partial charge is 0.545 e. The second-order valence-corrected chi connectivity index (χ2v) is 4.38. The summed E-state index contributed by atoms with van der Waals surface area (Å²) in [6.07, 6.45) is 4.47. The van der Waals surface area contributed by atoms with E-state index in [1.165, 1.54) is 18.2 Å². The Morgan fingerprint density at radius 1 is 1.25 bits per heavy atom. The molecule has 1 aromatic carbocycles. The first-order valence-electron chi connectivity index (χ1n) is 6.38. The monoisotopic (exact) mass is 303 g/mol. The van der Waals surface area contributed by atoms with Gasteiger partial charge in [-0.3, -0.25) is 4.79 Å². The van der Waals surface area contributed by atoms with Gasteiger partial charge in [0.05, 0.1) is 5.97 Å². The summed E-state index contributed by atoms with van der Waals surface area (Å²) in [5.41, 5.74) is 0.0870. The molecule has 0 aromatic heterocycles. The number of carbonyl (C=O) groups is 2. The normalized spacial score (nSPS) is 9.65. The number of carboxylic acids is 1. The Morgan fingerprint density at radius 2 is 1.95 bits per heavy atom. The van der Waals surface area contributed by atoms with Crippen LogP contribution in [0, 0.1) is 0 Å². The van der Waals surface area contributed by atoms with Gasteiger partial charge in [0.1, 0.15) is 5.75 Å². The Labute approximate surface area is 161 Å². The molecule has 0 aliphatic rings. The molecule has 0 aliphatic heterocycles. The summed E-state index contributed by atoms with van der Waals surface area (Å²) >= 11 is 0. The van der Waals surface area contributed by atoms with Gasteiger partial charge in [0.15, 0.2) is 0 Å². The predicted octanol–water partition coefficient (Wildman–Crippen LogP) is -1.33. The van der Waals surface area contributed by atoms with Crippen molar-refractivity contribution in [2.75, 3.05) is 5.32 Å². The van der Waals surface area contributed by atoms with Crippen LogP contribution in [-0.2, 0) is 4.79 Å². The Balaban J connectivity index is 0.00000361. The van der Waals surface area contributed by atoms with E-state index in [9.17, 15) is 19.8 Å². The Bertz CT molecular complexity index is 462. The van der Waals surface area contributed by atoms with Crippen LogP contribution in [0.1, 0.15) is 49.4 Å². The van der Waals surface area contributed by atoms with E-state index in [2.05, 4.69) is 12.2 Å². The first-order valence-corrected chi connectivity index (χ1v) is 6.38. The van der Waals surface area contributed by atoms with Crippen molar-refractivity contribution in [2.45, 2.75) is 39.0 Å². The van der Waals surface area contributed by atoms with Gasteiger partial charge in [-0.25, -0.2) is 0 Å². The molecule has 0 aliphatic carbocycles. The van der Waals surface area contributed by atoms with Crippen molar-refractivity contribution in [2.24, 2.45) is 0 Å². The zero-order valence-corrected chi connectivity index (χ0v) is 15.1. The van der Waals surface area contributed by atoms with Gasteiger partial charge in [-0.05, 0) is 18.6 Å². The first-order chi connectivity index (χ1) is 9.04. The molecule has 6 heteroatoms. The number of carboxylic acid groups (broad SMARTS) is 1. The molecular weight excluding hydrogens is 285 g/mol. The summed E-state index contributed by atoms with van der Waals surface area (Å²) in [6, 6.07) is 3.83. The van der Waals surface area contributed by atoms with Crippen LogP contribution < -0.4 is 61.8 Å². The molecule has 0 heterocycles. The van der Waals surface area contributed by atoms with E-state index in [0.29, 0.717) is 12.1 Å². The summed E-state index contributed by atoms with van der Waals surface area (Å²) in [4.78, 5) is 22.2. The minimum atomic E-state index is -1.45. The Hall–Kier alpha value is -0.404. The van der Waals surface area contributed by atoms with Gasteiger partial charge in [-0.1, -0.05) is 26.2 Å². The van der Waals surface area contributed by atoms with Crippen LogP contribution in [0.15, 0.2) is 18.2 Å². The van der Waals surface area contributed by atoms with Crippen LogP contribution in [0.4, 0.5) is 5.69 Å². The van der Waals surface area contributed by atoms with Crippen LogP contribution in [0.5, 0.6) is 5.75 Å². The number of nitrogens with one attached hydrogen (secondary N) is 1. The number of carbonyl (C=O) groups excluding carboxylic acids is 2. The van der Waals surface area contributed by atoms with Crippen LogP contribution >= 0.6 is 0 Å². The SMILES string of the molecule is CCCCCCC(=O)Nc1ccc(C(=O)[O-])c(O)c1.[K+]. The fourth-order valence-corrected chi connectivity index (χ4v) is 1.72. The van der Waals surface area contributed by atoms with Crippen molar-refractivity contribution in [3.05, 3.63) is 23.8 Å². The predicted molar refractivity (Wildman–Crippen MR) is 69.8 cm³/mol. The van der Waals surface area contributed by atoms with Crippen LogP contribution in [0.2, 0.25) is 0 Å². The summed E-state index contributed by atoms with van der Waals surface area (Å²) < 4.78 is 0. The maximum Gasteiger partial charge on any atom is 1.00 e. The molecule has 104 valence electrons. The number of anilines is 1.